The standard InChI is InChI=1S/C17H12ClF3N6/c18-16-23-13-11(5-2-6-12(13)17(19,20)21)15-24-14(25-27(15)16)9-7-22-26(8-9)10-3-1-4-10/h2,5-8,10H,1,3-4H2. The molecule has 0 N–H and O–H groups in total. The van der Waals surface area contributed by atoms with Crippen LogP contribution in [0.15, 0.2) is 30.6 Å². The quantitative estimate of drug-likeness (QED) is 0.470. The van der Waals surface area contributed by atoms with Gasteiger partial charge in [0.1, 0.15) is 0 Å². The molecule has 4 aromatic rings. The monoisotopic (exact) mass is 392 g/mol. The first-order valence-electron chi connectivity index (χ1n) is 8.38. The average Bonchev–Trinajstić information content (AvgIpc) is 3.19. The van der Waals surface area contributed by atoms with E-state index < -0.39 is 11.7 Å². The molecule has 3 heterocycles. The van der Waals surface area contributed by atoms with Gasteiger partial charge in [-0.25, -0.2) is 9.97 Å². The molecule has 0 bridgehead atoms. The van der Waals surface area contributed by atoms with Gasteiger partial charge in [0.15, 0.2) is 11.5 Å². The highest BCUT2D eigenvalue weighted by atomic mass is 35.5. The molecule has 1 aliphatic carbocycles. The maximum atomic E-state index is 13.3. The number of halogens is 4. The van der Waals surface area contributed by atoms with Gasteiger partial charge in [-0.1, -0.05) is 6.07 Å². The minimum atomic E-state index is -4.54. The summed E-state index contributed by atoms with van der Waals surface area (Å²) in [7, 11) is 0. The van der Waals surface area contributed by atoms with Crippen molar-refractivity contribution in [2.24, 2.45) is 0 Å². The van der Waals surface area contributed by atoms with Crippen molar-refractivity contribution < 1.29 is 13.2 Å². The van der Waals surface area contributed by atoms with E-state index in [0.717, 1.165) is 18.9 Å². The number of fused-ring (bicyclic) bond motifs is 3. The van der Waals surface area contributed by atoms with Crippen LogP contribution >= 0.6 is 11.6 Å². The number of aromatic nitrogens is 6. The van der Waals surface area contributed by atoms with Crippen molar-refractivity contribution in [1.29, 1.82) is 0 Å². The van der Waals surface area contributed by atoms with Crippen LogP contribution in [0.4, 0.5) is 13.2 Å². The fraction of sp³-hybridized carbons (Fsp3) is 0.294. The van der Waals surface area contributed by atoms with E-state index in [1.54, 1.807) is 6.20 Å². The highest BCUT2D eigenvalue weighted by molar-refractivity contribution is 6.29. The number of hydrogen-bond donors (Lipinski definition) is 0. The van der Waals surface area contributed by atoms with Crippen molar-refractivity contribution in [2.45, 2.75) is 31.5 Å². The van der Waals surface area contributed by atoms with Crippen LogP contribution in [0.3, 0.4) is 0 Å². The maximum absolute atomic E-state index is 13.3. The van der Waals surface area contributed by atoms with Crippen LogP contribution in [0.2, 0.25) is 5.28 Å². The molecule has 27 heavy (non-hydrogen) atoms. The Morgan fingerprint density at radius 2 is 1.96 bits per heavy atom. The lowest BCUT2D eigenvalue weighted by Gasteiger charge is -2.25. The second-order valence-electron chi connectivity index (χ2n) is 6.54. The minimum Gasteiger partial charge on any atom is -0.269 e. The number of rotatable bonds is 2. The van der Waals surface area contributed by atoms with E-state index in [-0.39, 0.29) is 21.8 Å². The Hall–Kier alpha value is -2.68. The Labute approximate surface area is 155 Å². The predicted octanol–water partition coefficient (Wildman–Crippen LogP) is 4.54. The van der Waals surface area contributed by atoms with Gasteiger partial charge >= 0.3 is 6.18 Å². The summed E-state index contributed by atoms with van der Waals surface area (Å²) in [5.74, 6) is 0.342. The van der Waals surface area contributed by atoms with E-state index in [4.69, 9.17) is 11.6 Å². The molecule has 6 nitrogen and oxygen atoms in total. The van der Waals surface area contributed by atoms with Crippen LogP contribution < -0.4 is 0 Å². The molecule has 1 aliphatic rings. The molecule has 3 aromatic heterocycles. The van der Waals surface area contributed by atoms with Gasteiger partial charge in [0.25, 0.3) is 0 Å². The summed E-state index contributed by atoms with van der Waals surface area (Å²) in [4.78, 5) is 8.34. The molecule has 1 fully saturated rings. The summed E-state index contributed by atoms with van der Waals surface area (Å²) < 4.78 is 43.0. The first kappa shape index (κ1) is 16.5. The number of benzene rings is 1. The first-order chi connectivity index (χ1) is 12.9. The van der Waals surface area contributed by atoms with Gasteiger partial charge in [-0.2, -0.15) is 22.8 Å². The third-order valence-corrected chi connectivity index (χ3v) is 5.12. The Morgan fingerprint density at radius 1 is 1.15 bits per heavy atom. The van der Waals surface area contributed by atoms with Crippen LogP contribution in [0.25, 0.3) is 27.9 Å². The van der Waals surface area contributed by atoms with Crippen molar-refractivity contribution >= 4 is 28.2 Å². The van der Waals surface area contributed by atoms with E-state index >= 15 is 0 Å². The molecule has 0 unspecified atom stereocenters. The summed E-state index contributed by atoms with van der Waals surface area (Å²) in [6.07, 6.45) is 2.31. The summed E-state index contributed by atoms with van der Waals surface area (Å²) >= 11 is 6.11. The van der Waals surface area contributed by atoms with Gasteiger partial charge in [0.2, 0.25) is 5.28 Å². The summed E-state index contributed by atoms with van der Waals surface area (Å²) in [6, 6.07) is 4.21. The third kappa shape index (κ3) is 2.56. The molecular weight excluding hydrogens is 381 g/mol. The minimum absolute atomic E-state index is 0.181. The third-order valence-electron chi connectivity index (χ3n) is 4.88. The van der Waals surface area contributed by atoms with Crippen LogP contribution in [0.1, 0.15) is 30.9 Å². The predicted molar refractivity (Wildman–Crippen MR) is 92.4 cm³/mol. The van der Waals surface area contributed by atoms with Gasteiger partial charge in [-0.15, -0.1) is 5.10 Å². The Balaban J connectivity index is 1.70. The van der Waals surface area contributed by atoms with Crippen LogP contribution in [-0.2, 0) is 6.18 Å². The van der Waals surface area contributed by atoms with Crippen molar-refractivity contribution in [3.8, 4) is 11.4 Å². The molecule has 0 radical (unpaired) electrons. The van der Waals surface area contributed by atoms with Crippen molar-refractivity contribution in [2.75, 3.05) is 0 Å². The zero-order chi connectivity index (χ0) is 18.8. The topological polar surface area (TPSA) is 60.9 Å². The van der Waals surface area contributed by atoms with Crippen LogP contribution in [0, 0.1) is 0 Å². The molecule has 0 amide bonds. The van der Waals surface area contributed by atoms with E-state index in [9.17, 15) is 13.2 Å². The van der Waals surface area contributed by atoms with E-state index in [0.29, 0.717) is 17.4 Å². The average molecular weight is 393 g/mol. The highest BCUT2D eigenvalue weighted by Gasteiger charge is 2.34. The molecule has 0 spiro atoms. The molecule has 0 aliphatic heterocycles. The van der Waals surface area contributed by atoms with Gasteiger partial charge < -0.3 is 0 Å². The normalized spacial score (nSPS) is 15.6. The molecule has 1 saturated carbocycles. The van der Waals surface area contributed by atoms with Crippen molar-refractivity contribution in [1.82, 2.24) is 29.4 Å². The number of alkyl halides is 3. The summed E-state index contributed by atoms with van der Waals surface area (Å²) in [6.45, 7) is 0. The van der Waals surface area contributed by atoms with E-state index in [1.165, 1.54) is 23.1 Å². The number of para-hydroxylation sites is 1. The highest BCUT2D eigenvalue weighted by Crippen LogP contribution is 2.36. The Bertz CT molecular complexity index is 1170. The number of hydrogen-bond acceptors (Lipinski definition) is 4. The smallest absolute Gasteiger partial charge is 0.269 e. The van der Waals surface area contributed by atoms with Gasteiger partial charge in [0.05, 0.1) is 28.9 Å². The molecule has 1 aromatic carbocycles. The molecule has 138 valence electrons. The van der Waals surface area contributed by atoms with Crippen molar-refractivity contribution in [3.63, 3.8) is 0 Å². The first-order valence-corrected chi connectivity index (χ1v) is 8.76. The summed E-state index contributed by atoms with van der Waals surface area (Å²) in [5.41, 5.74) is -0.192. The molecule has 10 heteroatoms. The van der Waals surface area contributed by atoms with Gasteiger partial charge in [-0.05, 0) is 43.0 Å². The molecular formula is C17H12ClF3N6. The fourth-order valence-electron chi connectivity index (χ4n) is 3.25. The van der Waals surface area contributed by atoms with Crippen LogP contribution in [0.5, 0.6) is 0 Å². The Kier molecular flexibility index (Phi) is 3.45. The second-order valence-corrected chi connectivity index (χ2v) is 6.88. The van der Waals surface area contributed by atoms with Gasteiger partial charge in [0, 0.05) is 11.6 Å². The summed E-state index contributed by atoms with van der Waals surface area (Å²) in [5, 5.41) is 8.72. The molecule has 0 atom stereocenters. The zero-order valence-corrected chi connectivity index (χ0v) is 14.5. The lowest BCUT2D eigenvalue weighted by Crippen LogP contribution is -2.16. The molecule has 5 rings (SSSR count). The second kappa shape index (κ2) is 5.66. The van der Waals surface area contributed by atoms with Gasteiger partial charge in [-0.3, -0.25) is 4.68 Å². The lowest BCUT2D eigenvalue weighted by molar-refractivity contribution is -0.136. The molecule has 0 saturated heterocycles. The maximum Gasteiger partial charge on any atom is 0.418 e. The van der Waals surface area contributed by atoms with Crippen LogP contribution in [-0.4, -0.2) is 29.4 Å². The number of nitrogens with zero attached hydrogens (tertiary/aromatic N) is 6. The largest absolute Gasteiger partial charge is 0.418 e. The fourth-order valence-corrected chi connectivity index (χ4v) is 3.46. The van der Waals surface area contributed by atoms with Crippen molar-refractivity contribution in [3.05, 3.63) is 41.4 Å². The van der Waals surface area contributed by atoms with E-state index in [2.05, 4.69) is 20.2 Å². The Morgan fingerprint density at radius 3 is 2.67 bits per heavy atom. The lowest BCUT2D eigenvalue weighted by atomic mass is 9.93. The van der Waals surface area contributed by atoms with E-state index in [1.807, 2.05) is 10.9 Å². The zero-order valence-electron chi connectivity index (χ0n) is 13.8. The SMILES string of the molecule is FC(F)(F)c1cccc2c1nc(Cl)n1nc(-c3cnn(C4CCC4)c3)nc21.